The zero-order valence-corrected chi connectivity index (χ0v) is 17.0. The normalized spacial score (nSPS) is 23.8. The molecule has 0 spiro atoms. The maximum atomic E-state index is 12.7. The Kier molecular flexibility index (Phi) is 5.18. The smallest absolute Gasteiger partial charge is 0.227 e. The van der Waals surface area contributed by atoms with Crippen LogP contribution in [0.3, 0.4) is 0 Å². The van der Waals surface area contributed by atoms with Crippen molar-refractivity contribution in [1.29, 1.82) is 0 Å². The molecule has 2 heterocycles. The number of amides is 2. The molecule has 2 aliphatic heterocycles. The summed E-state index contributed by atoms with van der Waals surface area (Å²) in [5, 5.41) is 3.03. The van der Waals surface area contributed by atoms with Crippen molar-refractivity contribution in [2.24, 2.45) is 5.92 Å². The number of sulfonamides is 1. The third-order valence-electron chi connectivity index (χ3n) is 6.16. The Balaban J connectivity index is 1.34. The van der Waals surface area contributed by atoms with Crippen LogP contribution in [0, 0.1) is 5.92 Å². The molecule has 152 valence electrons. The van der Waals surface area contributed by atoms with Crippen LogP contribution in [0.25, 0.3) is 0 Å². The van der Waals surface area contributed by atoms with Crippen LogP contribution < -0.4 is 10.2 Å². The first kappa shape index (κ1) is 19.4. The molecule has 1 aromatic carbocycles. The minimum Gasteiger partial charge on any atom is -0.353 e. The second kappa shape index (κ2) is 7.48. The summed E-state index contributed by atoms with van der Waals surface area (Å²) in [4.78, 5) is 26.9. The summed E-state index contributed by atoms with van der Waals surface area (Å²) >= 11 is 0. The summed E-state index contributed by atoms with van der Waals surface area (Å²) < 4.78 is 24.6. The number of piperidine rings is 1. The van der Waals surface area contributed by atoms with E-state index in [2.05, 4.69) is 17.4 Å². The van der Waals surface area contributed by atoms with E-state index in [-0.39, 0.29) is 30.2 Å². The van der Waals surface area contributed by atoms with Crippen molar-refractivity contribution in [1.82, 2.24) is 9.62 Å². The van der Waals surface area contributed by atoms with E-state index in [1.807, 2.05) is 6.07 Å². The molecule has 0 aromatic heterocycles. The Morgan fingerprint density at radius 1 is 1.14 bits per heavy atom. The van der Waals surface area contributed by atoms with Gasteiger partial charge in [-0.05, 0) is 55.4 Å². The Morgan fingerprint density at radius 3 is 2.57 bits per heavy atom. The van der Waals surface area contributed by atoms with Crippen molar-refractivity contribution in [3.63, 3.8) is 0 Å². The molecule has 1 N–H and O–H groups in total. The van der Waals surface area contributed by atoms with Crippen LogP contribution in [0.15, 0.2) is 18.2 Å². The number of fused-ring (bicyclic) bond motifs is 1. The molecule has 2 saturated heterocycles. The second-order valence-electron chi connectivity index (χ2n) is 8.16. The number of hydrogen-bond donors (Lipinski definition) is 1. The quantitative estimate of drug-likeness (QED) is 0.812. The van der Waals surface area contributed by atoms with Gasteiger partial charge in [-0.25, -0.2) is 12.7 Å². The minimum atomic E-state index is -3.17. The molecule has 0 bridgehead atoms. The lowest BCUT2D eigenvalue weighted by atomic mass is 10.0. The molecular weight excluding hydrogens is 378 g/mol. The van der Waals surface area contributed by atoms with Gasteiger partial charge in [0.15, 0.2) is 0 Å². The van der Waals surface area contributed by atoms with Gasteiger partial charge in [0.05, 0.1) is 12.2 Å². The molecule has 0 unspecified atom stereocenters. The minimum absolute atomic E-state index is 0.00927. The lowest BCUT2D eigenvalue weighted by molar-refractivity contribution is -0.127. The van der Waals surface area contributed by atoms with Crippen LogP contribution in [-0.4, -0.2) is 56.5 Å². The molecule has 0 radical (unpaired) electrons. The van der Waals surface area contributed by atoms with Gasteiger partial charge in [0, 0.05) is 37.8 Å². The fraction of sp³-hybridized carbons (Fsp3) is 0.600. The van der Waals surface area contributed by atoms with Crippen LogP contribution in [0.1, 0.15) is 36.8 Å². The van der Waals surface area contributed by atoms with Gasteiger partial charge in [0.2, 0.25) is 21.8 Å². The average molecular weight is 406 g/mol. The van der Waals surface area contributed by atoms with Gasteiger partial charge >= 0.3 is 0 Å². The monoisotopic (exact) mass is 405 g/mol. The highest BCUT2D eigenvalue weighted by molar-refractivity contribution is 7.88. The van der Waals surface area contributed by atoms with E-state index < -0.39 is 10.0 Å². The summed E-state index contributed by atoms with van der Waals surface area (Å²) in [6.45, 7) is 1.26. The van der Waals surface area contributed by atoms with E-state index in [1.54, 1.807) is 4.90 Å². The summed E-state index contributed by atoms with van der Waals surface area (Å²) in [6, 6.07) is 6.16. The number of rotatable bonds is 4. The topological polar surface area (TPSA) is 86.8 Å². The molecule has 1 aromatic rings. The SMILES string of the molecule is CS(=O)(=O)N1CCC(NC(=O)[C@H]2CC(=O)N(c3ccc4c(c3)CCC4)C2)CC1. The number of anilines is 1. The maximum absolute atomic E-state index is 12.7. The van der Waals surface area contributed by atoms with Gasteiger partial charge in [-0.1, -0.05) is 6.07 Å². The first-order valence-electron chi connectivity index (χ1n) is 9.99. The number of carbonyl (C=O) groups is 2. The molecule has 8 heteroatoms. The maximum Gasteiger partial charge on any atom is 0.227 e. The van der Waals surface area contributed by atoms with Crippen LogP contribution in [0.2, 0.25) is 0 Å². The van der Waals surface area contributed by atoms with Crippen molar-refractivity contribution >= 4 is 27.5 Å². The highest BCUT2D eigenvalue weighted by Crippen LogP contribution is 2.30. The van der Waals surface area contributed by atoms with Gasteiger partial charge in [-0.15, -0.1) is 0 Å². The van der Waals surface area contributed by atoms with E-state index in [1.165, 1.54) is 21.7 Å². The van der Waals surface area contributed by atoms with Gasteiger partial charge in [0.25, 0.3) is 0 Å². The van der Waals surface area contributed by atoms with Crippen molar-refractivity contribution in [2.75, 3.05) is 30.8 Å². The van der Waals surface area contributed by atoms with Crippen LogP contribution in [0.4, 0.5) is 5.69 Å². The molecule has 7 nitrogen and oxygen atoms in total. The number of nitrogens with zero attached hydrogens (tertiary/aromatic N) is 2. The standard InChI is InChI=1S/C20H27N3O4S/c1-28(26,27)22-9-7-17(8-10-22)21-20(25)16-12-19(24)23(13-16)18-6-5-14-3-2-4-15(14)11-18/h5-6,11,16-17H,2-4,7-10,12-13H2,1H3,(H,21,25)/t16-/m0/s1. The number of aryl methyl sites for hydroxylation is 2. The summed E-state index contributed by atoms with van der Waals surface area (Å²) in [5.41, 5.74) is 3.57. The predicted octanol–water partition coefficient (Wildman–Crippen LogP) is 1.07. The Morgan fingerprint density at radius 2 is 1.86 bits per heavy atom. The summed E-state index contributed by atoms with van der Waals surface area (Å²) in [5.74, 6) is -0.464. The van der Waals surface area contributed by atoms with Crippen LogP contribution in [0.5, 0.6) is 0 Å². The van der Waals surface area contributed by atoms with Crippen LogP contribution in [-0.2, 0) is 32.5 Å². The lowest BCUT2D eigenvalue weighted by Crippen LogP contribution is -2.47. The van der Waals surface area contributed by atoms with Gasteiger partial charge < -0.3 is 10.2 Å². The molecule has 2 fully saturated rings. The fourth-order valence-electron chi connectivity index (χ4n) is 4.51. The molecule has 1 atom stereocenters. The van der Waals surface area contributed by atoms with Gasteiger partial charge in [0.1, 0.15) is 0 Å². The molecule has 0 saturated carbocycles. The average Bonchev–Trinajstić information content (AvgIpc) is 3.27. The second-order valence-corrected chi connectivity index (χ2v) is 10.1. The largest absolute Gasteiger partial charge is 0.353 e. The number of carbonyl (C=O) groups excluding carboxylic acids is 2. The zero-order valence-electron chi connectivity index (χ0n) is 16.2. The fourth-order valence-corrected chi connectivity index (χ4v) is 5.38. The molecule has 1 aliphatic carbocycles. The first-order valence-corrected chi connectivity index (χ1v) is 11.8. The highest BCUT2D eigenvalue weighted by atomic mass is 32.2. The number of nitrogens with one attached hydrogen (secondary N) is 1. The number of benzene rings is 1. The van der Waals surface area contributed by atoms with E-state index >= 15 is 0 Å². The first-order chi connectivity index (χ1) is 13.3. The highest BCUT2D eigenvalue weighted by Gasteiger charge is 2.36. The van der Waals surface area contributed by atoms with E-state index in [9.17, 15) is 18.0 Å². The van der Waals surface area contributed by atoms with E-state index in [0.29, 0.717) is 32.5 Å². The third-order valence-corrected chi connectivity index (χ3v) is 7.46. The lowest BCUT2D eigenvalue weighted by Gasteiger charge is -2.31. The molecule has 2 amide bonds. The zero-order chi connectivity index (χ0) is 19.9. The van der Waals surface area contributed by atoms with E-state index in [4.69, 9.17) is 0 Å². The van der Waals surface area contributed by atoms with Gasteiger partial charge in [-0.3, -0.25) is 9.59 Å². The van der Waals surface area contributed by atoms with Crippen molar-refractivity contribution < 1.29 is 18.0 Å². The summed E-state index contributed by atoms with van der Waals surface area (Å²) in [6.07, 6.45) is 5.97. The van der Waals surface area contributed by atoms with Crippen molar-refractivity contribution in [3.8, 4) is 0 Å². The number of hydrogen-bond acceptors (Lipinski definition) is 4. The van der Waals surface area contributed by atoms with Crippen LogP contribution >= 0.6 is 0 Å². The molecule has 28 heavy (non-hydrogen) atoms. The van der Waals surface area contributed by atoms with Crippen molar-refractivity contribution in [3.05, 3.63) is 29.3 Å². The Bertz CT molecular complexity index is 891. The molecular formula is C20H27N3O4S. The molecule has 4 rings (SSSR count). The van der Waals surface area contributed by atoms with E-state index in [0.717, 1.165) is 24.9 Å². The Hall–Kier alpha value is -1.93. The predicted molar refractivity (Wildman–Crippen MR) is 107 cm³/mol. The molecule has 3 aliphatic rings. The third kappa shape index (κ3) is 3.93. The van der Waals surface area contributed by atoms with Gasteiger partial charge in [-0.2, -0.15) is 0 Å². The summed E-state index contributed by atoms with van der Waals surface area (Å²) in [7, 11) is -3.17. The van der Waals surface area contributed by atoms with Crippen molar-refractivity contribution in [2.45, 2.75) is 44.6 Å². The Labute approximate surface area is 166 Å².